The lowest BCUT2D eigenvalue weighted by Crippen LogP contribution is -2.27. The quantitative estimate of drug-likeness (QED) is 0.837. The molecule has 1 aromatic carbocycles. The van der Waals surface area contributed by atoms with Gasteiger partial charge in [0.1, 0.15) is 5.75 Å². The predicted molar refractivity (Wildman–Crippen MR) is 81.0 cm³/mol. The minimum absolute atomic E-state index is 0.0843. The van der Waals surface area contributed by atoms with E-state index < -0.39 is 0 Å². The molecular formula is C17H23NO2. The molecular weight excluding hydrogens is 250 g/mol. The SMILES string of the molecule is COc1ccc(CC(=O)NCC2=CCCCC2)cc1C. The zero-order valence-electron chi connectivity index (χ0n) is 12.4. The fourth-order valence-corrected chi connectivity index (χ4v) is 2.58. The molecule has 0 radical (unpaired) electrons. The van der Waals surface area contributed by atoms with Crippen LogP contribution in [0.5, 0.6) is 5.75 Å². The molecule has 1 amide bonds. The summed E-state index contributed by atoms with van der Waals surface area (Å²) in [7, 11) is 1.66. The summed E-state index contributed by atoms with van der Waals surface area (Å²) in [6.07, 6.45) is 7.51. The maximum absolute atomic E-state index is 12.0. The summed E-state index contributed by atoms with van der Waals surface area (Å²) in [5, 5.41) is 3.01. The molecule has 0 unspecified atom stereocenters. The summed E-state index contributed by atoms with van der Waals surface area (Å²) in [5.74, 6) is 0.947. The number of hydrogen-bond acceptors (Lipinski definition) is 2. The van der Waals surface area contributed by atoms with E-state index >= 15 is 0 Å². The second kappa shape index (κ2) is 7.13. The summed E-state index contributed by atoms with van der Waals surface area (Å²) in [4.78, 5) is 12.0. The monoisotopic (exact) mass is 273 g/mol. The van der Waals surface area contributed by atoms with Crippen LogP contribution in [0, 0.1) is 6.92 Å². The zero-order chi connectivity index (χ0) is 14.4. The van der Waals surface area contributed by atoms with Crippen molar-refractivity contribution in [3.8, 4) is 5.75 Å². The average Bonchev–Trinajstić information content (AvgIpc) is 2.46. The molecule has 3 heteroatoms. The van der Waals surface area contributed by atoms with Crippen LogP contribution in [-0.4, -0.2) is 19.6 Å². The van der Waals surface area contributed by atoms with Gasteiger partial charge in [-0.3, -0.25) is 4.79 Å². The summed E-state index contributed by atoms with van der Waals surface area (Å²) < 4.78 is 5.22. The molecule has 2 rings (SSSR count). The van der Waals surface area contributed by atoms with Gasteiger partial charge < -0.3 is 10.1 Å². The minimum Gasteiger partial charge on any atom is -0.496 e. The number of ether oxygens (including phenoxy) is 1. The van der Waals surface area contributed by atoms with Gasteiger partial charge in [0.2, 0.25) is 5.91 Å². The normalized spacial score (nSPS) is 14.6. The Labute approximate surface area is 121 Å². The van der Waals surface area contributed by atoms with Crippen LogP contribution in [0.2, 0.25) is 0 Å². The molecule has 20 heavy (non-hydrogen) atoms. The van der Waals surface area contributed by atoms with Crippen LogP contribution in [0.3, 0.4) is 0 Å². The molecule has 1 aromatic rings. The molecule has 0 aliphatic heterocycles. The fraction of sp³-hybridized carbons (Fsp3) is 0.471. The Morgan fingerprint density at radius 3 is 2.85 bits per heavy atom. The zero-order valence-corrected chi connectivity index (χ0v) is 12.4. The number of hydrogen-bond donors (Lipinski definition) is 1. The molecule has 0 fully saturated rings. The van der Waals surface area contributed by atoms with Gasteiger partial charge in [0.15, 0.2) is 0 Å². The highest BCUT2D eigenvalue weighted by molar-refractivity contribution is 5.78. The van der Waals surface area contributed by atoms with Crippen LogP contribution < -0.4 is 10.1 Å². The van der Waals surface area contributed by atoms with E-state index in [4.69, 9.17) is 4.74 Å². The summed E-state index contributed by atoms with van der Waals surface area (Å²) in [5.41, 5.74) is 3.46. The Morgan fingerprint density at radius 2 is 2.20 bits per heavy atom. The van der Waals surface area contributed by atoms with E-state index in [1.807, 2.05) is 25.1 Å². The molecule has 0 heterocycles. The topological polar surface area (TPSA) is 38.3 Å². The number of aryl methyl sites for hydroxylation is 1. The van der Waals surface area contributed by atoms with Crippen LogP contribution >= 0.6 is 0 Å². The number of rotatable bonds is 5. The van der Waals surface area contributed by atoms with Crippen molar-refractivity contribution in [3.63, 3.8) is 0 Å². The van der Waals surface area contributed by atoms with Gasteiger partial charge in [0.25, 0.3) is 0 Å². The third kappa shape index (κ3) is 4.12. The summed E-state index contributed by atoms with van der Waals surface area (Å²) >= 11 is 0. The van der Waals surface area contributed by atoms with Gasteiger partial charge in [0.05, 0.1) is 13.5 Å². The highest BCUT2D eigenvalue weighted by Gasteiger charge is 2.08. The number of nitrogens with one attached hydrogen (secondary N) is 1. The van der Waals surface area contributed by atoms with Crippen molar-refractivity contribution in [2.24, 2.45) is 0 Å². The third-order valence-corrected chi connectivity index (χ3v) is 3.72. The van der Waals surface area contributed by atoms with Crippen LogP contribution in [-0.2, 0) is 11.2 Å². The number of carbonyl (C=O) groups is 1. The van der Waals surface area contributed by atoms with Crippen molar-refractivity contribution >= 4 is 5.91 Å². The van der Waals surface area contributed by atoms with Crippen molar-refractivity contribution in [1.29, 1.82) is 0 Å². The number of allylic oxidation sites excluding steroid dienone is 1. The van der Waals surface area contributed by atoms with E-state index in [9.17, 15) is 4.79 Å². The lowest BCUT2D eigenvalue weighted by molar-refractivity contribution is -0.120. The van der Waals surface area contributed by atoms with Crippen LogP contribution in [0.25, 0.3) is 0 Å². The summed E-state index contributed by atoms with van der Waals surface area (Å²) in [6.45, 7) is 2.70. The maximum Gasteiger partial charge on any atom is 0.224 e. The Balaban J connectivity index is 1.84. The molecule has 1 N–H and O–H groups in total. The van der Waals surface area contributed by atoms with E-state index in [0.717, 1.165) is 29.7 Å². The Morgan fingerprint density at radius 1 is 1.35 bits per heavy atom. The van der Waals surface area contributed by atoms with Crippen molar-refractivity contribution in [1.82, 2.24) is 5.32 Å². The van der Waals surface area contributed by atoms with Gasteiger partial charge in [-0.2, -0.15) is 0 Å². The minimum atomic E-state index is 0.0843. The van der Waals surface area contributed by atoms with E-state index in [-0.39, 0.29) is 5.91 Å². The molecule has 0 saturated heterocycles. The first-order chi connectivity index (χ1) is 9.69. The molecule has 1 aliphatic rings. The standard InChI is InChI=1S/C17H23NO2/c1-13-10-15(8-9-16(13)20-2)11-17(19)18-12-14-6-4-3-5-7-14/h6,8-10H,3-5,7,11-12H2,1-2H3,(H,18,19). The van der Waals surface area contributed by atoms with Crippen molar-refractivity contribution < 1.29 is 9.53 Å². The van der Waals surface area contributed by atoms with E-state index in [1.54, 1.807) is 7.11 Å². The van der Waals surface area contributed by atoms with E-state index in [1.165, 1.54) is 18.4 Å². The highest BCUT2D eigenvalue weighted by Crippen LogP contribution is 2.19. The number of methoxy groups -OCH3 is 1. The Bertz CT molecular complexity index is 506. The van der Waals surface area contributed by atoms with Gasteiger partial charge in [-0.1, -0.05) is 23.8 Å². The van der Waals surface area contributed by atoms with Gasteiger partial charge in [-0.25, -0.2) is 0 Å². The van der Waals surface area contributed by atoms with Crippen molar-refractivity contribution in [2.75, 3.05) is 13.7 Å². The fourth-order valence-electron chi connectivity index (χ4n) is 2.58. The van der Waals surface area contributed by atoms with Crippen LogP contribution in [0.15, 0.2) is 29.8 Å². The molecule has 0 atom stereocenters. The lowest BCUT2D eigenvalue weighted by Gasteiger charge is -2.13. The molecule has 0 saturated carbocycles. The number of amides is 1. The smallest absolute Gasteiger partial charge is 0.224 e. The van der Waals surface area contributed by atoms with E-state index in [2.05, 4.69) is 11.4 Å². The van der Waals surface area contributed by atoms with Gasteiger partial charge in [-0.15, -0.1) is 0 Å². The first-order valence-corrected chi connectivity index (χ1v) is 7.27. The number of carbonyl (C=O) groups excluding carboxylic acids is 1. The largest absolute Gasteiger partial charge is 0.496 e. The van der Waals surface area contributed by atoms with Crippen molar-refractivity contribution in [3.05, 3.63) is 41.0 Å². The van der Waals surface area contributed by atoms with Gasteiger partial charge in [-0.05, 0) is 49.8 Å². The number of benzene rings is 1. The van der Waals surface area contributed by atoms with Crippen LogP contribution in [0.4, 0.5) is 0 Å². The first-order valence-electron chi connectivity index (χ1n) is 7.27. The van der Waals surface area contributed by atoms with Crippen molar-refractivity contribution in [2.45, 2.75) is 39.0 Å². The highest BCUT2D eigenvalue weighted by atomic mass is 16.5. The van der Waals surface area contributed by atoms with Gasteiger partial charge >= 0.3 is 0 Å². The second-order valence-corrected chi connectivity index (χ2v) is 5.37. The lowest BCUT2D eigenvalue weighted by atomic mass is 9.99. The molecule has 3 nitrogen and oxygen atoms in total. The predicted octanol–water partition coefficient (Wildman–Crippen LogP) is 3.16. The maximum atomic E-state index is 12.0. The average molecular weight is 273 g/mol. The molecule has 0 aromatic heterocycles. The third-order valence-electron chi connectivity index (χ3n) is 3.72. The second-order valence-electron chi connectivity index (χ2n) is 5.37. The first kappa shape index (κ1) is 14.6. The molecule has 1 aliphatic carbocycles. The molecule has 0 bridgehead atoms. The van der Waals surface area contributed by atoms with E-state index in [0.29, 0.717) is 13.0 Å². The molecule has 0 spiro atoms. The Kier molecular flexibility index (Phi) is 5.22. The van der Waals surface area contributed by atoms with Gasteiger partial charge in [0, 0.05) is 6.54 Å². The summed E-state index contributed by atoms with van der Waals surface area (Å²) in [6, 6.07) is 5.88. The Hall–Kier alpha value is -1.77. The molecule has 108 valence electrons. The van der Waals surface area contributed by atoms with Crippen LogP contribution in [0.1, 0.15) is 36.8 Å².